The second-order valence-electron chi connectivity index (χ2n) is 8.27. The van der Waals surface area contributed by atoms with Gasteiger partial charge in [-0.3, -0.25) is 14.4 Å². The van der Waals surface area contributed by atoms with Crippen LogP contribution in [0.2, 0.25) is 5.02 Å². The molecule has 2 aromatic rings. The van der Waals surface area contributed by atoms with Crippen molar-refractivity contribution in [2.45, 2.75) is 31.8 Å². The van der Waals surface area contributed by atoms with E-state index in [0.29, 0.717) is 18.3 Å². The molecule has 0 radical (unpaired) electrons. The zero-order chi connectivity index (χ0) is 20.7. The number of thioether (sulfide) groups is 1. The monoisotopic (exact) mass is 446 g/mol. The second-order valence-corrected chi connectivity index (χ2v) is 9.93. The number of aromatic nitrogens is 2. The van der Waals surface area contributed by atoms with Crippen LogP contribution in [0, 0.1) is 0 Å². The first-order valence-corrected chi connectivity index (χ1v) is 12.2. The normalized spacial score (nSPS) is 22.1. The number of nitrogens with zero attached hydrogens (tertiary/aromatic N) is 4. The Kier molecular flexibility index (Phi) is 5.69. The number of hydrogen-bond acceptors (Lipinski definition) is 5. The molecule has 0 spiro atoms. The summed E-state index contributed by atoms with van der Waals surface area (Å²) in [4.78, 5) is 17.7. The number of benzene rings is 1. The van der Waals surface area contributed by atoms with E-state index in [1.165, 1.54) is 5.69 Å². The maximum Gasteiger partial charge on any atom is 0.274 e. The van der Waals surface area contributed by atoms with Crippen molar-refractivity contribution in [1.82, 2.24) is 19.6 Å². The van der Waals surface area contributed by atoms with Crippen LogP contribution in [-0.2, 0) is 26.4 Å². The summed E-state index contributed by atoms with van der Waals surface area (Å²) in [6, 6.07) is 6.24. The van der Waals surface area contributed by atoms with Gasteiger partial charge in [-0.25, -0.2) is 0 Å². The van der Waals surface area contributed by atoms with Crippen molar-refractivity contribution in [2.75, 3.05) is 37.7 Å². The molecule has 30 heavy (non-hydrogen) atoms. The van der Waals surface area contributed by atoms with Crippen molar-refractivity contribution in [3.05, 3.63) is 45.7 Å². The molecule has 1 amide bonds. The van der Waals surface area contributed by atoms with Gasteiger partial charge in [0.2, 0.25) is 0 Å². The third-order valence-electron chi connectivity index (χ3n) is 6.48. The highest BCUT2D eigenvalue weighted by Crippen LogP contribution is 2.32. The molecule has 1 saturated heterocycles. The van der Waals surface area contributed by atoms with E-state index in [-0.39, 0.29) is 5.91 Å². The summed E-state index contributed by atoms with van der Waals surface area (Å²) >= 11 is 8.15. The summed E-state index contributed by atoms with van der Waals surface area (Å²) in [5.41, 5.74) is 4.17. The van der Waals surface area contributed by atoms with E-state index in [1.807, 2.05) is 46.6 Å². The van der Waals surface area contributed by atoms with Crippen molar-refractivity contribution in [2.24, 2.45) is 7.05 Å². The van der Waals surface area contributed by atoms with Crippen LogP contribution in [0.25, 0.3) is 0 Å². The zero-order valence-corrected chi connectivity index (χ0v) is 18.8. The number of carbonyl (C=O) groups excluding carboxylic acids is 1. The number of halogens is 1. The van der Waals surface area contributed by atoms with Crippen molar-refractivity contribution in [1.29, 1.82) is 0 Å². The average Bonchev–Trinajstić information content (AvgIpc) is 2.95. The summed E-state index contributed by atoms with van der Waals surface area (Å²) in [6.45, 7) is 4.00. The third-order valence-corrected chi connectivity index (χ3v) is 7.66. The maximum absolute atomic E-state index is 13.2. The lowest BCUT2D eigenvalue weighted by atomic mass is 9.89. The minimum absolute atomic E-state index is 0.101. The molecular weight excluding hydrogens is 420 g/mol. The lowest BCUT2D eigenvalue weighted by molar-refractivity contribution is 0.0763. The number of carbonyl (C=O) groups is 1. The average molecular weight is 447 g/mol. The molecule has 1 atom stereocenters. The van der Waals surface area contributed by atoms with Crippen LogP contribution in [0.1, 0.15) is 33.7 Å². The fourth-order valence-corrected chi connectivity index (χ4v) is 5.96. The third kappa shape index (κ3) is 3.83. The predicted molar refractivity (Wildman–Crippen MR) is 120 cm³/mol. The van der Waals surface area contributed by atoms with Crippen LogP contribution in [-0.4, -0.2) is 69.3 Å². The Hall–Kier alpha value is -1.70. The van der Waals surface area contributed by atoms with E-state index in [0.717, 1.165) is 78.8 Å². The molecule has 6 nitrogen and oxygen atoms in total. The molecule has 3 heterocycles. The molecule has 1 aromatic carbocycles. The van der Waals surface area contributed by atoms with E-state index in [1.54, 1.807) is 0 Å². The number of aryl methyl sites for hydroxylation is 1. The van der Waals surface area contributed by atoms with Crippen molar-refractivity contribution < 1.29 is 9.53 Å². The minimum Gasteiger partial charge on any atom is -0.492 e. The lowest BCUT2D eigenvalue weighted by Gasteiger charge is -2.33. The molecule has 0 bridgehead atoms. The Morgan fingerprint density at radius 1 is 1.27 bits per heavy atom. The van der Waals surface area contributed by atoms with E-state index < -0.39 is 0 Å². The number of ether oxygens (including phenoxy) is 1. The Balaban J connectivity index is 1.38. The fraction of sp³-hybridized carbons (Fsp3) is 0.545. The Bertz CT molecular complexity index is 957. The van der Waals surface area contributed by atoms with Crippen molar-refractivity contribution in [3.63, 3.8) is 0 Å². The molecular formula is C22H27ClN4O2S. The summed E-state index contributed by atoms with van der Waals surface area (Å²) in [6.07, 6.45) is 2.88. The van der Waals surface area contributed by atoms with Gasteiger partial charge in [0, 0.05) is 72.6 Å². The lowest BCUT2D eigenvalue weighted by Crippen LogP contribution is -2.41. The summed E-state index contributed by atoms with van der Waals surface area (Å²) in [5, 5.41) is 5.41. The topological polar surface area (TPSA) is 50.6 Å². The van der Waals surface area contributed by atoms with Gasteiger partial charge in [0.15, 0.2) is 5.69 Å². The Morgan fingerprint density at radius 3 is 2.93 bits per heavy atom. The molecule has 1 unspecified atom stereocenters. The predicted octanol–water partition coefficient (Wildman–Crippen LogP) is 3.01. The highest BCUT2D eigenvalue weighted by atomic mass is 35.5. The van der Waals surface area contributed by atoms with E-state index in [4.69, 9.17) is 16.3 Å². The van der Waals surface area contributed by atoms with Crippen LogP contribution in [0.4, 0.5) is 0 Å². The summed E-state index contributed by atoms with van der Waals surface area (Å²) < 4.78 is 7.89. The zero-order valence-electron chi connectivity index (χ0n) is 17.3. The van der Waals surface area contributed by atoms with Crippen LogP contribution in [0.3, 0.4) is 0 Å². The number of amides is 1. The van der Waals surface area contributed by atoms with Gasteiger partial charge in [-0.2, -0.15) is 16.9 Å². The van der Waals surface area contributed by atoms with Crippen LogP contribution < -0.4 is 4.74 Å². The maximum atomic E-state index is 13.2. The Labute approximate surface area is 186 Å². The van der Waals surface area contributed by atoms with Gasteiger partial charge in [0.1, 0.15) is 12.4 Å². The van der Waals surface area contributed by atoms with Gasteiger partial charge in [0.05, 0.1) is 0 Å². The highest BCUT2D eigenvalue weighted by Gasteiger charge is 2.33. The molecule has 160 valence electrons. The fourth-order valence-electron chi connectivity index (χ4n) is 4.87. The van der Waals surface area contributed by atoms with E-state index >= 15 is 0 Å². The number of fused-ring (bicyclic) bond motifs is 2. The first-order chi connectivity index (χ1) is 14.6. The molecule has 1 aliphatic carbocycles. The van der Waals surface area contributed by atoms with Gasteiger partial charge >= 0.3 is 0 Å². The summed E-state index contributed by atoms with van der Waals surface area (Å²) in [7, 11) is 1.97. The number of hydrogen-bond donors (Lipinski definition) is 0. The molecule has 8 heteroatoms. The molecule has 1 fully saturated rings. The molecule has 3 aliphatic rings. The SMILES string of the molecule is Cn1nc(C(=O)N2CCSCC2)c2c1CCC(N1CCOc3ccc(Cl)cc3C1)C2. The van der Waals surface area contributed by atoms with Gasteiger partial charge in [-0.1, -0.05) is 11.6 Å². The molecule has 0 N–H and O–H groups in total. The van der Waals surface area contributed by atoms with E-state index in [9.17, 15) is 4.79 Å². The standard InChI is InChI=1S/C22H27ClN4O2S/c1-25-19-4-3-17(27-6-9-29-20-5-2-16(23)12-15(20)14-27)13-18(19)21(24-25)22(28)26-7-10-30-11-8-26/h2,5,12,17H,3-4,6-11,13-14H2,1H3. The highest BCUT2D eigenvalue weighted by molar-refractivity contribution is 7.99. The second kappa shape index (κ2) is 8.44. The van der Waals surface area contributed by atoms with Crippen LogP contribution in [0.15, 0.2) is 18.2 Å². The summed E-state index contributed by atoms with van der Waals surface area (Å²) in [5.74, 6) is 3.06. The molecule has 1 aromatic heterocycles. The number of rotatable bonds is 2. The molecule has 5 rings (SSSR count). The Morgan fingerprint density at radius 2 is 2.10 bits per heavy atom. The van der Waals surface area contributed by atoms with Gasteiger partial charge in [-0.05, 0) is 37.5 Å². The first kappa shape index (κ1) is 20.2. The van der Waals surface area contributed by atoms with E-state index in [2.05, 4.69) is 10.00 Å². The van der Waals surface area contributed by atoms with Crippen LogP contribution in [0.5, 0.6) is 5.75 Å². The largest absolute Gasteiger partial charge is 0.492 e. The van der Waals surface area contributed by atoms with Gasteiger partial charge < -0.3 is 9.64 Å². The first-order valence-electron chi connectivity index (χ1n) is 10.7. The van der Waals surface area contributed by atoms with Crippen LogP contribution >= 0.6 is 23.4 Å². The smallest absolute Gasteiger partial charge is 0.274 e. The minimum atomic E-state index is 0.101. The van der Waals surface area contributed by atoms with Gasteiger partial charge in [-0.15, -0.1) is 0 Å². The van der Waals surface area contributed by atoms with Crippen molar-refractivity contribution >= 4 is 29.3 Å². The molecule has 2 aliphatic heterocycles. The molecule has 0 saturated carbocycles. The van der Waals surface area contributed by atoms with Gasteiger partial charge in [0.25, 0.3) is 5.91 Å². The van der Waals surface area contributed by atoms with Crippen molar-refractivity contribution in [3.8, 4) is 5.75 Å². The quantitative estimate of drug-likeness (QED) is 0.709.